The average Bonchev–Trinajstić information content (AvgIpc) is 2.90. The number of carboxylic acid groups (broad SMARTS) is 1. The van der Waals surface area contributed by atoms with Crippen molar-refractivity contribution < 1.29 is 33.6 Å². The Kier molecular flexibility index (Phi) is 7.75. The summed E-state index contributed by atoms with van der Waals surface area (Å²) < 4.78 is 23.6. The maximum Gasteiger partial charge on any atom is 0.411 e. The molecule has 8 nitrogen and oxygen atoms in total. The van der Waals surface area contributed by atoms with E-state index in [0.717, 1.165) is 22.3 Å². The van der Waals surface area contributed by atoms with Crippen LogP contribution in [-0.2, 0) is 29.1 Å². The normalized spacial score (nSPS) is 18.1. The first-order valence-corrected chi connectivity index (χ1v) is 13.6. The molecular formula is C30H29Cl2NO7. The highest BCUT2D eigenvalue weighted by molar-refractivity contribution is 6.42. The monoisotopic (exact) mass is 585 g/mol. The Balaban J connectivity index is 1.28. The summed E-state index contributed by atoms with van der Waals surface area (Å²) in [6.45, 7) is 5.97. The Morgan fingerprint density at radius 3 is 2.40 bits per heavy atom. The van der Waals surface area contributed by atoms with Crippen molar-refractivity contribution in [1.82, 2.24) is 4.90 Å². The van der Waals surface area contributed by atoms with Crippen LogP contribution in [0.1, 0.15) is 49.1 Å². The molecule has 2 aliphatic rings. The number of carboxylic acids is 1. The lowest BCUT2D eigenvalue weighted by atomic mass is 9.93. The molecule has 0 aromatic heterocycles. The third-order valence-electron chi connectivity index (χ3n) is 6.61. The lowest BCUT2D eigenvalue weighted by Crippen LogP contribution is -2.50. The number of carbonyl (C=O) groups is 2. The van der Waals surface area contributed by atoms with E-state index in [1.807, 2.05) is 42.5 Å². The molecule has 2 aliphatic heterocycles. The summed E-state index contributed by atoms with van der Waals surface area (Å²) in [5, 5.41) is 10.8. The van der Waals surface area contributed by atoms with Gasteiger partial charge in [0, 0.05) is 6.42 Å². The van der Waals surface area contributed by atoms with Crippen molar-refractivity contribution >= 4 is 35.3 Å². The molecule has 1 unspecified atom stereocenters. The van der Waals surface area contributed by atoms with E-state index >= 15 is 0 Å². The standard InChI is InChI=1S/C30H29Cl2NO7/c1-30(2,3)40-29(36)33-14-20-13-26-25(12-19(20)11-24(33)28(34)35)38-16-27(39-26)18-5-7-21(8-6-18)37-15-17-4-9-22(31)23(32)10-17/h4-10,12-13,24,27H,11,14-16H2,1-3H3,(H,34,35)/t24?,27-/m1/s1. The lowest BCUT2D eigenvalue weighted by Gasteiger charge is -2.36. The zero-order valence-corrected chi connectivity index (χ0v) is 23.8. The van der Waals surface area contributed by atoms with Crippen LogP contribution < -0.4 is 14.2 Å². The van der Waals surface area contributed by atoms with Gasteiger partial charge in [-0.1, -0.05) is 41.4 Å². The molecule has 2 heterocycles. The quantitative estimate of drug-likeness (QED) is 0.350. The van der Waals surface area contributed by atoms with Crippen LogP contribution in [0.15, 0.2) is 54.6 Å². The largest absolute Gasteiger partial charge is 0.489 e. The van der Waals surface area contributed by atoms with E-state index < -0.39 is 23.7 Å². The van der Waals surface area contributed by atoms with Gasteiger partial charge in [0.25, 0.3) is 0 Å². The van der Waals surface area contributed by atoms with Crippen LogP contribution in [-0.4, -0.2) is 40.3 Å². The van der Waals surface area contributed by atoms with Crippen molar-refractivity contribution in [3.63, 3.8) is 0 Å². The number of aliphatic carboxylic acids is 1. The van der Waals surface area contributed by atoms with Gasteiger partial charge in [-0.3, -0.25) is 4.90 Å². The maximum atomic E-state index is 12.8. The fourth-order valence-corrected chi connectivity index (χ4v) is 4.94. The number of ether oxygens (including phenoxy) is 4. The molecule has 1 N–H and O–H groups in total. The van der Waals surface area contributed by atoms with Crippen LogP contribution in [0.3, 0.4) is 0 Å². The predicted molar refractivity (Wildman–Crippen MR) is 149 cm³/mol. The predicted octanol–water partition coefficient (Wildman–Crippen LogP) is 6.83. The number of amides is 1. The fraction of sp³-hybridized carbons (Fsp3) is 0.333. The first-order chi connectivity index (χ1) is 19.0. The molecule has 0 radical (unpaired) electrons. The molecule has 1 amide bonds. The Morgan fingerprint density at radius 1 is 1.00 bits per heavy atom. The molecule has 3 aromatic carbocycles. The van der Waals surface area contributed by atoms with E-state index in [1.54, 1.807) is 32.9 Å². The van der Waals surface area contributed by atoms with Crippen molar-refractivity contribution in [3.05, 3.63) is 86.9 Å². The van der Waals surface area contributed by atoms with Crippen molar-refractivity contribution in [2.24, 2.45) is 0 Å². The second kappa shape index (κ2) is 11.1. The summed E-state index contributed by atoms with van der Waals surface area (Å²) in [5.74, 6) is 0.686. The van der Waals surface area contributed by atoms with Gasteiger partial charge in [-0.05, 0) is 79.4 Å². The van der Waals surface area contributed by atoms with Gasteiger partial charge >= 0.3 is 12.1 Å². The summed E-state index contributed by atoms with van der Waals surface area (Å²) in [7, 11) is 0. The summed E-state index contributed by atoms with van der Waals surface area (Å²) in [6.07, 6.45) is -0.875. The van der Waals surface area contributed by atoms with E-state index in [9.17, 15) is 14.7 Å². The van der Waals surface area contributed by atoms with Gasteiger partial charge in [0.05, 0.1) is 16.6 Å². The van der Waals surface area contributed by atoms with E-state index in [-0.39, 0.29) is 19.1 Å². The molecule has 3 aromatic rings. The number of fused-ring (bicyclic) bond motifs is 2. The minimum Gasteiger partial charge on any atom is -0.489 e. The number of rotatable bonds is 5. The molecule has 40 heavy (non-hydrogen) atoms. The van der Waals surface area contributed by atoms with Gasteiger partial charge in [-0.2, -0.15) is 0 Å². The molecule has 0 fully saturated rings. The fourth-order valence-electron chi connectivity index (χ4n) is 4.62. The highest BCUT2D eigenvalue weighted by atomic mass is 35.5. The van der Waals surface area contributed by atoms with Crippen LogP contribution in [0.4, 0.5) is 4.79 Å². The molecule has 5 rings (SSSR count). The average molecular weight is 586 g/mol. The Morgan fingerprint density at radius 2 is 1.73 bits per heavy atom. The number of nitrogens with zero attached hydrogens (tertiary/aromatic N) is 1. The first-order valence-electron chi connectivity index (χ1n) is 12.8. The second-order valence-electron chi connectivity index (χ2n) is 10.8. The topological polar surface area (TPSA) is 94.5 Å². The highest BCUT2D eigenvalue weighted by Gasteiger charge is 2.38. The number of benzene rings is 3. The number of carbonyl (C=O) groups excluding carboxylic acids is 1. The van der Waals surface area contributed by atoms with Crippen molar-refractivity contribution in [2.45, 2.75) is 58.1 Å². The molecule has 0 bridgehead atoms. The Bertz CT molecular complexity index is 1440. The summed E-state index contributed by atoms with van der Waals surface area (Å²) in [5.41, 5.74) is 2.66. The van der Waals surface area contributed by atoms with Crippen molar-refractivity contribution in [3.8, 4) is 17.2 Å². The van der Waals surface area contributed by atoms with Crippen LogP contribution in [0.2, 0.25) is 10.0 Å². The molecular weight excluding hydrogens is 557 g/mol. The van der Waals surface area contributed by atoms with Gasteiger partial charge in [-0.25, -0.2) is 9.59 Å². The van der Waals surface area contributed by atoms with Crippen molar-refractivity contribution in [1.29, 1.82) is 0 Å². The zero-order valence-electron chi connectivity index (χ0n) is 22.3. The van der Waals surface area contributed by atoms with E-state index in [4.69, 9.17) is 42.1 Å². The van der Waals surface area contributed by atoms with Crippen LogP contribution >= 0.6 is 23.2 Å². The summed E-state index contributed by atoms with van der Waals surface area (Å²) in [4.78, 5) is 26.0. The molecule has 0 saturated carbocycles. The van der Waals surface area contributed by atoms with Crippen LogP contribution in [0.25, 0.3) is 0 Å². The van der Waals surface area contributed by atoms with Gasteiger partial charge in [0.1, 0.15) is 30.6 Å². The molecule has 10 heteroatoms. The van der Waals surface area contributed by atoms with E-state index in [2.05, 4.69) is 0 Å². The maximum absolute atomic E-state index is 12.8. The van der Waals surface area contributed by atoms with Crippen LogP contribution in [0.5, 0.6) is 17.2 Å². The van der Waals surface area contributed by atoms with Crippen molar-refractivity contribution in [2.75, 3.05) is 6.61 Å². The third-order valence-corrected chi connectivity index (χ3v) is 7.35. The van der Waals surface area contributed by atoms with Gasteiger partial charge < -0.3 is 24.1 Å². The second-order valence-corrected chi connectivity index (χ2v) is 11.6. The first kappa shape index (κ1) is 27.9. The molecule has 0 saturated heterocycles. The van der Waals surface area contributed by atoms with Gasteiger partial charge in [-0.15, -0.1) is 0 Å². The minimum atomic E-state index is -1.09. The SMILES string of the molecule is CC(C)(C)OC(=O)N1Cc2cc3c(cc2CC1C(=O)O)OC[C@H](c1ccc(OCc2ccc(Cl)c(Cl)c2)cc1)O3. The van der Waals surface area contributed by atoms with Gasteiger partial charge in [0.15, 0.2) is 17.6 Å². The lowest BCUT2D eigenvalue weighted by molar-refractivity contribution is -0.143. The minimum absolute atomic E-state index is 0.0907. The van der Waals surface area contributed by atoms with Crippen LogP contribution in [0, 0.1) is 0 Å². The third kappa shape index (κ3) is 6.24. The highest BCUT2D eigenvalue weighted by Crippen LogP contribution is 2.41. The number of halogens is 2. The zero-order chi connectivity index (χ0) is 28.6. The smallest absolute Gasteiger partial charge is 0.411 e. The summed E-state index contributed by atoms with van der Waals surface area (Å²) in [6, 6.07) is 15.5. The van der Waals surface area contributed by atoms with E-state index in [1.165, 1.54) is 4.90 Å². The molecule has 210 valence electrons. The summed E-state index contributed by atoms with van der Waals surface area (Å²) >= 11 is 12.1. The number of hydrogen-bond donors (Lipinski definition) is 1. The van der Waals surface area contributed by atoms with Gasteiger partial charge in [0.2, 0.25) is 0 Å². The number of hydrogen-bond acceptors (Lipinski definition) is 6. The molecule has 2 atom stereocenters. The Hall–Kier alpha value is -3.62. The molecule has 0 spiro atoms. The Labute approximate surface area is 242 Å². The van der Waals surface area contributed by atoms with E-state index in [0.29, 0.717) is 40.5 Å². The molecule has 0 aliphatic carbocycles.